The molecule has 2 aromatic carbocycles. The molecule has 0 amide bonds. The van der Waals surface area contributed by atoms with Crippen LogP contribution in [-0.2, 0) is 19.1 Å². The molecule has 0 spiro atoms. The van der Waals surface area contributed by atoms with Crippen molar-refractivity contribution in [3.05, 3.63) is 66.2 Å². The highest BCUT2D eigenvalue weighted by Gasteiger charge is 2.61. The molecule has 6 heteroatoms. The molecule has 1 fully saturated rings. The van der Waals surface area contributed by atoms with Crippen LogP contribution in [0.25, 0.3) is 0 Å². The number of ether oxygens (including phenoxy) is 2. The monoisotopic (exact) mass is 369 g/mol. The molecule has 3 rings (SSSR count). The first-order valence-corrected chi connectivity index (χ1v) is 8.57. The summed E-state index contributed by atoms with van der Waals surface area (Å²) in [6.07, 6.45) is 0.157. The maximum Gasteiger partial charge on any atom is 0.330 e. The fraction of sp³-hybridized carbons (Fsp3) is 0.250. The first-order valence-electron chi connectivity index (χ1n) is 8.16. The van der Waals surface area contributed by atoms with E-state index in [9.17, 15) is 9.59 Å². The summed E-state index contributed by atoms with van der Waals surface area (Å²) in [5, 5.41) is 0. The number of methoxy groups -OCH3 is 2. The predicted octanol–water partition coefficient (Wildman–Crippen LogP) is 3.30. The summed E-state index contributed by atoms with van der Waals surface area (Å²) >= 11 is 5.64. The van der Waals surface area contributed by atoms with Crippen molar-refractivity contribution >= 4 is 34.8 Å². The third-order valence-electron chi connectivity index (χ3n) is 4.68. The van der Waals surface area contributed by atoms with Crippen molar-refractivity contribution < 1.29 is 19.1 Å². The van der Waals surface area contributed by atoms with Gasteiger partial charge in [-0.3, -0.25) is 9.59 Å². The van der Waals surface area contributed by atoms with E-state index < -0.39 is 17.4 Å². The fourth-order valence-electron chi connectivity index (χ4n) is 3.42. The van der Waals surface area contributed by atoms with Gasteiger partial charge in [-0.15, -0.1) is 0 Å². The Labute approximate surface area is 157 Å². The zero-order valence-electron chi connectivity index (χ0n) is 14.5. The van der Waals surface area contributed by atoms with Crippen LogP contribution in [-0.4, -0.2) is 31.1 Å². The highest BCUT2D eigenvalue weighted by atomic mass is 32.1. The molecular formula is C20H19NO4S. The fourth-order valence-corrected chi connectivity index (χ4v) is 3.90. The van der Waals surface area contributed by atoms with Crippen LogP contribution in [0, 0.1) is 5.41 Å². The molecule has 5 nitrogen and oxygen atoms in total. The summed E-state index contributed by atoms with van der Waals surface area (Å²) in [7, 11) is 2.50. The van der Waals surface area contributed by atoms with Gasteiger partial charge in [-0.25, -0.2) is 0 Å². The molecule has 0 radical (unpaired) electrons. The molecule has 0 saturated carbocycles. The first kappa shape index (κ1) is 18.1. The van der Waals surface area contributed by atoms with Gasteiger partial charge in [0.05, 0.1) is 20.3 Å². The Balaban J connectivity index is 2.18. The summed E-state index contributed by atoms with van der Waals surface area (Å²) in [4.78, 5) is 27.4. The Morgan fingerprint density at radius 3 is 1.96 bits per heavy atom. The molecule has 1 aliphatic heterocycles. The van der Waals surface area contributed by atoms with Crippen LogP contribution >= 0.6 is 12.2 Å². The van der Waals surface area contributed by atoms with Crippen LogP contribution in [0.15, 0.2) is 60.7 Å². The predicted molar refractivity (Wildman–Crippen MR) is 102 cm³/mol. The molecule has 1 atom stereocenters. The number of esters is 2. The van der Waals surface area contributed by atoms with Crippen molar-refractivity contribution in [3.8, 4) is 0 Å². The largest absolute Gasteiger partial charge is 0.468 e. The Kier molecular flexibility index (Phi) is 5.04. The Bertz CT molecular complexity index is 806. The van der Waals surface area contributed by atoms with Gasteiger partial charge in [-0.1, -0.05) is 60.7 Å². The lowest BCUT2D eigenvalue weighted by molar-refractivity contribution is -0.163. The number of nitrogens with zero attached hydrogens (tertiary/aromatic N) is 1. The van der Waals surface area contributed by atoms with Gasteiger partial charge in [0, 0.05) is 12.1 Å². The van der Waals surface area contributed by atoms with Gasteiger partial charge in [0.25, 0.3) is 0 Å². The molecule has 26 heavy (non-hydrogen) atoms. The molecule has 0 aromatic heterocycles. The van der Waals surface area contributed by atoms with E-state index in [0.29, 0.717) is 0 Å². The van der Waals surface area contributed by atoms with E-state index in [2.05, 4.69) is 0 Å². The summed E-state index contributed by atoms with van der Waals surface area (Å²) < 4.78 is 9.89. The standard InChI is InChI=1S/C20H19NO4S/c1-24-18(22)20(19(23)25-2)13-16(14-9-5-3-6-10-14)21(17(20)26)15-11-7-4-8-12-15/h3-12,16H,13H2,1-2H3. The van der Waals surface area contributed by atoms with Crippen molar-refractivity contribution in [2.45, 2.75) is 12.5 Å². The van der Waals surface area contributed by atoms with Crippen molar-refractivity contribution in [2.24, 2.45) is 5.41 Å². The van der Waals surface area contributed by atoms with E-state index in [4.69, 9.17) is 21.7 Å². The van der Waals surface area contributed by atoms with Crippen LogP contribution in [0.1, 0.15) is 18.0 Å². The SMILES string of the molecule is COC(=O)C1(C(=O)OC)CC(c2ccccc2)N(c2ccccc2)C1=S. The summed E-state index contributed by atoms with van der Waals surface area (Å²) in [6, 6.07) is 18.8. The van der Waals surface area contributed by atoms with Crippen LogP contribution < -0.4 is 4.90 Å². The van der Waals surface area contributed by atoms with Crippen LogP contribution in [0.3, 0.4) is 0 Å². The number of carbonyl (C=O) groups is 2. The Hall–Kier alpha value is -2.73. The molecule has 1 aliphatic rings. The van der Waals surface area contributed by atoms with E-state index in [0.717, 1.165) is 11.3 Å². The number of hydrogen-bond acceptors (Lipinski definition) is 5. The van der Waals surface area contributed by atoms with Crippen LogP contribution in [0.2, 0.25) is 0 Å². The van der Waals surface area contributed by atoms with E-state index in [1.165, 1.54) is 14.2 Å². The minimum atomic E-state index is -1.64. The van der Waals surface area contributed by atoms with Gasteiger partial charge < -0.3 is 14.4 Å². The van der Waals surface area contributed by atoms with Crippen molar-refractivity contribution in [1.82, 2.24) is 0 Å². The molecule has 134 valence electrons. The van der Waals surface area contributed by atoms with Gasteiger partial charge in [0.15, 0.2) is 0 Å². The second kappa shape index (κ2) is 7.25. The third-order valence-corrected chi connectivity index (χ3v) is 5.23. The quantitative estimate of drug-likeness (QED) is 0.468. The van der Waals surface area contributed by atoms with E-state index in [1.54, 1.807) is 0 Å². The number of rotatable bonds is 4. The molecule has 1 unspecified atom stereocenters. The maximum absolute atomic E-state index is 12.7. The van der Waals surface area contributed by atoms with Gasteiger partial charge in [0.2, 0.25) is 5.41 Å². The topological polar surface area (TPSA) is 55.8 Å². The summed E-state index contributed by atoms with van der Waals surface area (Å²) in [6.45, 7) is 0. The average molecular weight is 369 g/mol. The molecule has 0 bridgehead atoms. The molecule has 1 saturated heterocycles. The van der Waals surface area contributed by atoms with Gasteiger partial charge in [-0.2, -0.15) is 0 Å². The average Bonchev–Trinajstić information content (AvgIpc) is 3.02. The van der Waals surface area contributed by atoms with Crippen molar-refractivity contribution in [2.75, 3.05) is 19.1 Å². The number of hydrogen-bond donors (Lipinski definition) is 0. The minimum absolute atomic E-state index is 0.157. The molecule has 0 aliphatic carbocycles. The highest BCUT2D eigenvalue weighted by molar-refractivity contribution is 7.81. The zero-order chi connectivity index (χ0) is 18.7. The smallest absolute Gasteiger partial charge is 0.330 e. The number of thiocarbonyl (C=S) groups is 1. The zero-order valence-corrected chi connectivity index (χ0v) is 15.4. The van der Waals surface area contributed by atoms with E-state index in [-0.39, 0.29) is 17.5 Å². The molecule has 1 heterocycles. The van der Waals surface area contributed by atoms with Crippen molar-refractivity contribution in [1.29, 1.82) is 0 Å². The van der Waals surface area contributed by atoms with E-state index >= 15 is 0 Å². The summed E-state index contributed by atoms with van der Waals surface area (Å²) in [5.41, 5.74) is 0.115. The van der Waals surface area contributed by atoms with Crippen LogP contribution in [0.4, 0.5) is 5.69 Å². The second-order valence-electron chi connectivity index (χ2n) is 6.03. The van der Waals surface area contributed by atoms with Gasteiger partial charge in [-0.05, 0) is 17.7 Å². The van der Waals surface area contributed by atoms with Crippen LogP contribution in [0.5, 0.6) is 0 Å². The van der Waals surface area contributed by atoms with E-state index in [1.807, 2.05) is 65.6 Å². The maximum atomic E-state index is 12.7. The highest BCUT2D eigenvalue weighted by Crippen LogP contribution is 2.48. The Morgan fingerprint density at radius 2 is 1.46 bits per heavy atom. The summed E-state index contributed by atoms with van der Waals surface area (Å²) in [5.74, 6) is -1.40. The molecule has 2 aromatic rings. The van der Waals surface area contributed by atoms with Gasteiger partial charge >= 0.3 is 11.9 Å². The molecule has 0 N–H and O–H groups in total. The number of benzene rings is 2. The second-order valence-corrected chi connectivity index (χ2v) is 6.42. The third kappa shape index (κ3) is 2.76. The lowest BCUT2D eigenvalue weighted by Gasteiger charge is -2.28. The number of anilines is 1. The molecular weight excluding hydrogens is 350 g/mol. The number of para-hydroxylation sites is 1. The lowest BCUT2D eigenvalue weighted by Crippen LogP contribution is -2.47. The minimum Gasteiger partial charge on any atom is -0.468 e. The van der Waals surface area contributed by atoms with Gasteiger partial charge in [0.1, 0.15) is 4.99 Å². The van der Waals surface area contributed by atoms with Crippen molar-refractivity contribution in [3.63, 3.8) is 0 Å². The number of carbonyl (C=O) groups excluding carboxylic acids is 2. The Morgan fingerprint density at radius 1 is 0.962 bits per heavy atom. The lowest BCUT2D eigenvalue weighted by atomic mass is 9.84. The normalized spacial score (nSPS) is 18.5. The first-order chi connectivity index (χ1) is 12.6.